The Hall–Kier alpha value is -1.13. The molecule has 0 saturated heterocycles. The van der Waals surface area contributed by atoms with Crippen molar-refractivity contribution in [1.82, 2.24) is 0 Å². The van der Waals surface area contributed by atoms with E-state index < -0.39 is 0 Å². The van der Waals surface area contributed by atoms with Gasteiger partial charge in [0.1, 0.15) is 4.99 Å². The van der Waals surface area contributed by atoms with Crippen molar-refractivity contribution in [1.29, 1.82) is 0 Å². The molecule has 0 bridgehead atoms. The fourth-order valence-electron chi connectivity index (χ4n) is 1.82. The van der Waals surface area contributed by atoms with E-state index in [1.165, 1.54) is 5.69 Å². The van der Waals surface area contributed by atoms with Gasteiger partial charge in [-0.05, 0) is 37.1 Å². The summed E-state index contributed by atoms with van der Waals surface area (Å²) in [4.78, 5) is 2.66. The van der Waals surface area contributed by atoms with Crippen molar-refractivity contribution < 1.29 is 5.11 Å². The van der Waals surface area contributed by atoms with E-state index in [4.69, 9.17) is 23.1 Å². The highest BCUT2D eigenvalue weighted by Crippen LogP contribution is 2.14. The van der Waals surface area contributed by atoms with Crippen molar-refractivity contribution >= 4 is 22.9 Å². The molecular weight excluding hydrogens is 244 g/mol. The van der Waals surface area contributed by atoms with Crippen LogP contribution in [0.2, 0.25) is 0 Å². The molecule has 0 atom stereocenters. The van der Waals surface area contributed by atoms with Crippen LogP contribution in [-0.4, -0.2) is 30.3 Å². The van der Waals surface area contributed by atoms with Crippen LogP contribution >= 0.6 is 12.2 Å². The molecule has 0 unspecified atom stereocenters. The third-order valence-electron chi connectivity index (χ3n) is 2.99. The minimum absolute atomic E-state index is 0.302. The third kappa shape index (κ3) is 5.02. The smallest absolute Gasteiger partial charge is 0.103 e. The number of aliphatic hydroxyl groups excluding tert-OH is 1. The lowest BCUT2D eigenvalue weighted by molar-refractivity contribution is 0.282. The lowest BCUT2D eigenvalue weighted by Crippen LogP contribution is -2.18. The van der Waals surface area contributed by atoms with Crippen LogP contribution in [-0.2, 0) is 0 Å². The van der Waals surface area contributed by atoms with E-state index in [0.29, 0.717) is 11.6 Å². The second-order valence-corrected chi connectivity index (χ2v) is 4.91. The molecule has 0 amide bonds. The third-order valence-corrected chi connectivity index (χ3v) is 3.23. The molecule has 0 saturated carbocycles. The first-order valence-electron chi connectivity index (χ1n) is 6.37. The van der Waals surface area contributed by atoms with E-state index in [2.05, 4.69) is 11.9 Å². The summed E-state index contributed by atoms with van der Waals surface area (Å²) in [5, 5.41) is 8.69. The standard InChI is InChI=1S/C14H22N2OS/c1-16(10-4-2-3-5-11-17)13-8-6-12(7-9-13)14(15)18/h6-9,17H,2-5,10-11H2,1H3,(H2,15,18). The Kier molecular flexibility index (Phi) is 6.68. The summed E-state index contributed by atoms with van der Waals surface area (Å²) in [6.07, 6.45) is 4.32. The molecule has 1 aromatic carbocycles. The predicted molar refractivity (Wildman–Crippen MR) is 81.2 cm³/mol. The summed E-state index contributed by atoms with van der Waals surface area (Å²) in [6, 6.07) is 8.00. The van der Waals surface area contributed by atoms with E-state index in [0.717, 1.165) is 37.8 Å². The van der Waals surface area contributed by atoms with E-state index in [1.54, 1.807) is 0 Å². The molecule has 0 aliphatic rings. The monoisotopic (exact) mass is 266 g/mol. The number of unbranched alkanes of at least 4 members (excludes halogenated alkanes) is 3. The highest BCUT2D eigenvalue weighted by atomic mass is 32.1. The number of nitrogens with zero attached hydrogens (tertiary/aromatic N) is 1. The van der Waals surface area contributed by atoms with Crippen LogP contribution in [0.1, 0.15) is 31.2 Å². The average molecular weight is 266 g/mol. The Labute approximate surface area is 115 Å². The Bertz CT molecular complexity index is 365. The minimum atomic E-state index is 0.302. The first-order chi connectivity index (χ1) is 8.65. The summed E-state index contributed by atoms with van der Waals surface area (Å²) in [7, 11) is 2.09. The normalized spacial score (nSPS) is 10.3. The Morgan fingerprint density at radius 3 is 2.33 bits per heavy atom. The number of thiocarbonyl (C=S) groups is 1. The van der Waals surface area contributed by atoms with Gasteiger partial charge in [-0.25, -0.2) is 0 Å². The SMILES string of the molecule is CN(CCCCCCO)c1ccc(C(N)=S)cc1. The van der Waals surface area contributed by atoms with Gasteiger partial charge in [0.2, 0.25) is 0 Å². The quantitative estimate of drug-likeness (QED) is 0.560. The van der Waals surface area contributed by atoms with E-state index in [-0.39, 0.29) is 0 Å². The van der Waals surface area contributed by atoms with Gasteiger partial charge in [0, 0.05) is 31.5 Å². The van der Waals surface area contributed by atoms with Crippen LogP contribution in [0.15, 0.2) is 24.3 Å². The van der Waals surface area contributed by atoms with Crippen molar-refractivity contribution in [3.8, 4) is 0 Å². The summed E-state index contributed by atoms with van der Waals surface area (Å²) in [5.74, 6) is 0. The molecule has 0 radical (unpaired) electrons. The number of hydrogen-bond donors (Lipinski definition) is 2. The number of benzene rings is 1. The largest absolute Gasteiger partial charge is 0.396 e. The molecule has 1 aromatic rings. The highest BCUT2D eigenvalue weighted by molar-refractivity contribution is 7.80. The van der Waals surface area contributed by atoms with Gasteiger partial charge in [0.25, 0.3) is 0 Å². The average Bonchev–Trinajstić information content (AvgIpc) is 2.38. The van der Waals surface area contributed by atoms with Crippen molar-refractivity contribution in [3.05, 3.63) is 29.8 Å². The van der Waals surface area contributed by atoms with Crippen LogP contribution < -0.4 is 10.6 Å². The fourth-order valence-corrected chi connectivity index (χ4v) is 1.96. The lowest BCUT2D eigenvalue weighted by atomic mass is 10.1. The minimum Gasteiger partial charge on any atom is -0.396 e. The van der Waals surface area contributed by atoms with E-state index in [1.807, 2.05) is 24.3 Å². The zero-order valence-corrected chi connectivity index (χ0v) is 11.7. The van der Waals surface area contributed by atoms with Gasteiger partial charge < -0.3 is 15.7 Å². The molecule has 0 aromatic heterocycles. The summed E-state index contributed by atoms with van der Waals surface area (Å²) in [5.41, 5.74) is 7.65. The molecule has 4 heteroatoms. The second-order valence-electron chi connectivity index (χ2n) is 4.47. The van der Waals surface area contributed by atoms with Crippen molar-refractivity contribution in [2.24, 2.45) is 5.73 Å². The molecule has 3 N–H and O–H groups in total. The second kappa shape index (κ2) is 8.06. The number of aliphatic hydroxyl groups is 1. The zero-order chi connectivity index (χ0) is 13.4. The van der Waals surface area contributed by atoms with Gasteiger partial charge >= 0.3 is 0 Å². The number of anilines is 1. The van der Waals surface area contributed by atoms with Gasteiger partial charge in [-0.15, -0.1) is 0 Å². The highest BCUT2D eigenvalue weighted by Gasteiger charge is 2.01. The van der Waals surface area contributed by atoms with Crippen molar-refractivity contribution in [2.75, 3.05) is 25.1 Å². The Balaban J connectivity index is 2.37. The summed E-state index contributed by atoms with van der Waals surface area (Å²) < 4.78 is 0. The molecule has 0 heterocycles. The van der Waals surface area contributed by atoms with E-state index >= 15 is 0 Å². The van der Waals surface area contributed by atoms with Gasteiger partial charge in [0.15, 0.2) is 0 Å². The number of hydrogen-bond acceptors (Lipinski definition) is 3. The fraction of sp³-hybridized carbons (Fsp3) is 0.500. The molecule has 0 aliphatic heterocycles. The maximum absolute atomic E-state index is 8.69. The van der Waals surface area contributed by atoms with Crippen molar-refractivity contribution in [2.45, 2.75) is 25.7 Å². The van der Waals surface area contributed by atoms with Gasteiger partial charge in [-0.1, -0.05) is 25.1 Å². The van der Waals surface area contributed by atoms with Crippen LogP contribution in [0.3, 0.4) is 0 Å². The molecule has 3 nitrogen and oxygen atoms in total. The Morgan fingerprint density at radius 2 is 1.78 bits per heavy atom. The molecular formula is C14H22N2OS. The Morgan fingerprint density at radius 1 is 1.17 bits per heavy atom. The molecule has 0 aliphatic carbocycles. The predicted octanol–water partition coefficient (Wildman–Crippen LogP) is 2.31. The number of rotatable bonds is 8. The van der Waals surface area contributed by atoms with Gasteiger partial charge in [-0.3, -0.25) is 0 Å². The van der Waals surface area contributed by atoms with Crippen molar-refractivity contribution in [3.63, 3.8) is 0 Å². The molecule has 18 heavy (non-hydrogen) atoms. The van der Waals surface area contributed by atoms with Crippen LogP contribution in [0.4, 0.5) is 5.69 Å². The van der Waals surface area contributed by atoms with Gasteiger partial charge in [0.05, 0.1) is 0 Å². The maximum Gasteiger partial charge on any atom is 0.103 e. The maximum atomic E-state index is 8.69. The van der Waals surface area contributed by atoms with Crippen LogP contribution in [0, 0.1) is 0 Å². The molecule has 0 spiro atoms. The molecule has 0 fully saturated rings. The molecule has 100 valence electrons. The van der Waals surface area contributed by atoms with Crippen LogP contribution in [0.5, 0.6) is 0 Å². The topological polar surface area (TPSA) is 49.5 Å². The van der Waals surface area contributed by atoms with Crippen LogP contribution in [0.25, 0.3) is 0 Å². The zero-order valence-electron chi connectivity index (χ0n) is 10.9. The first kappa shape index (κ1) is 14.9. The van der Waals surface area contributed by atoms with Gasteiger partial charge in [-0.2, -0.15) is 0 Å². The molecule has 1 rings (SSSR count). The first-order valence-corrected chi connectivity index (χ1v) is 6.78. The summed E-state index contributed by atoms with van der Waals surface area (Å²) >= 11 is 4.93. The lowest BCUT2D eigenvalue weighted by Gasteiger charge is -2.19. The number of nitrogens with two attached hydrogens (primary N) is 1. The van der Waals surface area contributed by atoms with E-state index in [9.17, 15) is 0 Å². The summed E-state index contributed by atoms with van der Waals surface area (Å²) in [6.45, 7) is 1.33.